The highest BCUT2D eigenvalue weighted by molar-refractivity contribution is 6.36. The number of nitrogens with one attached hydrogen (secondary N) is 1. The summed E-state index contributed by atoms with van der Waals surface area (Å²) in [5.74, 6) is -0.364. The third-order valence-electron chi connectivity index (χ3n) is 4.84. The van der Waals surface area contributed by atoms with Crippen LogP contribution in [0.15, 0.2) is 36.4 Å². The number of halogens is 2. The largest absolute Gasteiger partial charge is 0.355 e. The molecule has 0 radical (unpaired) electrons. The molecule has 2 aromatic rings. The first-order valence-corrected chi connectivity index (χ1v) is 10.1. The van der Waals surface area contributed by atoms with Crippen LogP contribution in [-0.2, 0) is 22.6 Å². The molecule has 6 heteroatoms. The number of amides is 2. The van der Waals surface area contributed by atoms with Gasteiger partial charge in [0.25, 0.3) is 0 Å². The van der Waals surface area contributed by atoms with Gasteiger partial charge in [0.1, 0.15) is 6.04 Å². The fraction of sp³-hybridized carbons (Fsp3) is 0.364. The normalized spacial score (nSPS) is 11.8. The van der Waals surface area contributed by atoms with Crippen LogP contribution in [0.3, 0.4) is 0 Å². The summed E-state index contributed by atoms with van der Waals surface area (Å²) in [6.45, 7) is 8.27. The minimum Gasteiger partial charge on any atom is -0.355 e. The number of hydrogen-bond acceptors (Lipinski definition) is 2. The van der Waals surface area contributed by atoms with E-state index in [1.807, 2.05) is 39.0 Å². The zero-order valence-corrected chi connectivity index (χ0v) is 18.2. The first kappa shape index (κ1) is 22.3. The van der Waals surface area contributed by atoms with E-state index in [-0.39, 0.29) is 24.8 Å². The number of carbonyl (C=O) groups excluding carboxylic acids is 2. The van der Waals surface area contributed by atoms with Crippen LogP contribution in [0.1, 0.15) is 36.1 Å². The summed E-state index contributed by atoms with van der Waals surface area (Å²) in [5.41, 5.74) is 3.84. The van der Waals surface area contributed by atoms with Crippen molar-refractivity contribution < 1.29 is 9.59 Å². The van der Waals surface area contributed by atoms with E-state index >= 15 is 0 Å². The second-order valence-corrected chi connectivity index (χ2v) is 7.70. The highest BCUT2D eigenvalue weighted by Crippen LogP contribution is 2.27. The summed E-state index contributed by atoms with van der Waals surface area (Å²) in [4.78, 5) is 27.1. The SMILES string of the molecule is CCNC(=O)[C@H](C)N(Cc1c(Cl)cccc1Cl)C(=O)Cc1ccc(C)c(C)c1. The lowest BCUT2D eigenvalue weighted by molar-refractivity contribution is -0.140. The third-order valence-corrected chi connectivity index (χ3v) is 5.54. The Kier molecular flexibility index (Phi) is 7.90. The molecule has 0 aromatic heterocycles. The number of hydrogen-bond donors (Lipinski definition) is 1. The van der Waals surface area contributed by atoms with Crippen LogP contribution in [0.5, 0.6) is 0 Å². The molecule has 0 spiro atoms. The van der Waals surface area contributed by atoms with Gasteiger partial charge in [-0.1, -0.05) is 47.5 Å². The molecule has 0 saturated carbocycles. The maximum atomic E-state index is 13.1. The molecule has 0 aliphatic heterocycles. The molecule has 0 bridgehead atoms. The topological polar surface area (TPSA) is 49.4 Å². The predicted molar refractivity (Wildman–Crippen MR) is 115 cm³/mol. The van der Waals surface area contributed by atoms with Gasteiger partial charge in [0.15, 0.2) is 0 Å². The smallest absolute Gasteiger partial charge is 0.242 e. The van der Waals surface area contributed by atoms with E-state index in [1.165, 1.54) is 10.5 Å². The van der Waals surface area contributed by atoms with Gasteiger partial charge < -0.3 is 10.2 Å². The fourth-order valence-corrected chi connectivity index (χ4v) is 3.46. The molecule has 4 nitrogen and oxygen atoms in total. The number of rotatable bonds is 7. The van der Waals surface area contributed by atoms with E-state index in [1.54, 1.807) is 25.1 Å². The average Bonchev–Trinajstić information content (AvgIpc) is 2.64. The molecular formula is C22H26Cl2N2O2. The molecule has 1 N–H and O–H groups in total. The van der Waals surface area contributed by atoms with Crippen LogP contribution in [0.4, 0.5) is 0 Å². The minimum atomic E-state index is -0.647. The Morgan fingerprint density at radius 1 is 1.07 bits per heavy atom. The Labute approximate surface area is 176 Å². The maximum absolute atomic E-state index is 13.1. The van der Waals surface area contributed by atoms with Crippen molar-refractivity contribution in [2.45, 2.75) is 46.7 Å². The molecule has 2 aromatic carbocycles. The van der Waals surface area contributed by atoms with Gasteiger partial charge in [0.05, 0.1) is 6.42 Å². The van der Waals surface area contributed by atoms with Gasteiger partial charge in [-0.3, -0.25) is 9.59 Å². The van der Waals surface area contributed by atoms with Crippen molar-refractivity contribution >= 4 is 35.0 Å². The van der Waals surface area contributed by atoms with E-state index in [0.717, 1.165) is 11.1 Å². The second kappa shape index (κ2) is 9.94. The average molecular weight is 421 g/mol. The van der Waals surface area contributed by atoms with Gasteiger partial charge in [-0.05, 0) is 56.5 Å². The maximum Gasteiger partial charge on any atom is 0.242 e. The number of benzene rings is 2. The van der Waals surface area contributed by atoms with Crippen LogP contribution in [0.25, 0.3) is 0 Å². The summed E-state index contributed by atoms with van der Waals surface area (Å²) < 4.78 is 0. The Bertz CT molecular complexity index is 847. The molecule has 1 atom stereocenters. The number of nitrogens with zero attached hydrogens (tertiary/aromatic N) is 1. The van der Waals surface area contributed by atoms with Crippen LogP contribution >= 0.6 is 23.2 Å². The molecule has 150 valence electrons. The van der Waals surface area contributed by atoms with Crippen LogP contribution in [0.2, 0.25) is 10.0 Å². The number of carbonyl (C=O) groups is 2. The van der Waals surface area contributed by atoms with Gasteiger partial charge in [0.2, 0.25) is 11.8 Å². The van der Waals surface area contributed by atoms with Crippen molar-refractivity contribution in [2.24, 2.45) is 0 Å². The van der Waals surface area contributed by atoms with Crippen molar-refractivity contribution in [3.05, 3.63) is 68.7 Å². The molecular weight excluding hydrogens is 395 g/mol. The summed E-state index contributed by atoms with van der Waals surface area (Å²) in [6.07, 6.45) is 0.201. The lowest BCUT2D eigenvalue weighted by Gasteiger charge is -2.29. The highest BCUT2D eigenvalue weighted by Gasteiger charge is 2.27. The van der Waals surface area contributed by atoms with Crippen LogP contribution in [0, 0.1) is 13.8 Å². The van der Waals surface area contributed by atoms with Crippen molar-refractivity contribution in [1.82, 2.24) is 10.2 Å². The predicted octanol–water partition coefficient (Wildman–Crippen LogP) is 4.71. The van der Waals surface area contributed by atoms with Gasteiger partial charge in [-0.15, -0.1) is 0 Å². The summed E-state index contributed by atoms with van der Waals surface area (Å²) >= 11 is 12.6. The van der Waals surface area contributed by atoms with Gasteiger partial charge in [-0.25, -0.2) is 0 Å². The van der Waals surface area contributed by atoms with E-state index in [4.69, 9.17) is 23.2 Å². The molecule has 0 saturated heterocycles. The van der Waals surface area contributed by atoms with Crippen molar-refractivity contribution in [1.29, 1.82) is 0 Å². The number of aryl methyl sites for hydroxylation is 2. The zero-order chi connectivity index (χ0) is 20.8. The van der Waals surface area contributed by atoms with Crippen LogP contribution < -0.4 is 5.32 Å². The fourth-order valence-electron chi connectivity index (χ4n) is 2.95. The first-order chi connectivity index (χ1) is 13.2. The summed E-state index contributed by atoms with van der Waals surface area (Å²) in [7, 11) is 0. The standard InChI is InChI=1S/C22H26Cl2N2O2/c1-5-25-22(28)16(4)26(13-18-19(23)7-6-8-20(18)24)21(27)12-17-10-9-14(2)15(3)11-17/h6-11,16H,5,12-13H2,1-4H3,(H,25,28)/t16-/m0/s1. The molecule has 0 aliphatic rings. The Morgan fingerprint density at radius 3 is 2.29 bits per heavy atom. The van der Waals surface area contributed by atoms with E-state index < -0.39 is 6.04 Å². The van der Waals surface area contributed by atoms with Gasteiger partial charge in [0, 0.05) is 28.7 Å². The lowest BCUT2D eigenvalue weighted by atomic mass is 10.0. The molecule has 0 aliphatic carbocycles. The Morgan fingerprint density at radius 2 is 1.71 bits per heavy atom. The first-order valence-electron chi connectivity index (χ1n) is 9.30. The van der Waals surface area contributed by atoms with Crippen molar-refractivity contribution in [2.75, 3.05) is 6.54 Å². The summed E-state index contributed by atoms with van der Waals surface area (Å²) in [6, 6.07) is 10.5. The van der Waals surface area contributed by atoms with Gasteiger partial charge >= 0.3 is 0 Å². The molecule has 0 fully saturated rings. The molecule has 2 amide bonds. The van der Waals surface area contributed by atoms with E-state index in [2.05, 4.69) is 5.32 Å². The molecule has 2 rings (SSSR count). The third kappa shape index (κ3) is 5.49. The van der Waals surface area contributed by atoms with E-state index in [0.29, 0.717) is 22.2 Å². The molecule has 28 heavy (non-hydrogen) atoms. The van der Waals surface area contributed by atoms with Gasteiger partial charge in [-0.2, -0.15) is 0 Å². The Balaban J connectivity index is 2.32. The Hall–Kier alpha value is -2.04. The monoisotopic (exact) mass is 420 g/mol. The summed E-state index contributed by atoms with van der Waals surface area (Å²) in [5, 5.41) is 3.72. The van der Waals surface area contributed by atoms with Crippen LogP contribution in [-0.4, -0.2) is 29.3 Å². The lowest BCUT2D eigenvalue weighted by Crippen LogP contribution is -2.48. The quantitative estimate of drug-likeness (QED) is 0.704. The highest BCUT2D eigenvalue weighted by atomic mass is 35.5. The zero-order valence-electron chi connectivity index (χ0n) is 16.7. The molecule has 0 heterocycles. The minimum absolute atomic E-state index is 0.155. The molecule has 0 unspecified atom stereocenters. The second-order valence-electron chi connectivity index (χ2n) is 6.89. The van der Waals surface area contributed by atoms with Crippen molar-refractivity contribution in [3.8, 4) is 0 Å². The van der Waals surface area contributed by atoms with Crippen molar-refractivity contribution in [3.63, 3.8) is 0 Å². The van der Waals surface area contributed by atoms with E-state index in [9.17, 15) is 9.59 Å². The number of likely N-dealkylation sites (N-methyl/N-ethyl adjacent to an activating group) is 1.